The first-order valence-corrected chi connectivity index (χ1v) is 14.8. The number of carbonyl (C=O) groups is 2. The van der Waals surface area contributed by atoms with E-state index in [4.69, 9.17) is 4.74 Å². The highest BCUT2D eigenvalue weighted by molar-refractivity contribution is 5.98. The lowest BCUT2D eigenvalue weighted by Crippen LogP contribution is -2.49. The fourth-order valence-corrected chi connectivity index (χ4v) is 5.85. The maximum atomic E-state index is 12.9. The van der Waals surface area contributed by atoms with E-state index in [1.165, 1.54) is 29.1 Å². The fraction of sp³-hybridized carbons (Fsp3) is 0.441. The zero-order valence-electron chi connectivity index (χ0n) is 26.2. The zero-order chi connectivity index (χ0) is 31.1. The molecule has 230 valence electrons. The van der Waals surface area contributed by atoms with Gasteiger partial charge in [0.15, 0.2) is 0 Å². The minimum Gasteiger partial charge on any atom is -0.497 e. The molecule has 8 nitrogen and oxygen atoms in total. The van der Waals surface area contributed by atoms with Crippen LogP contribution in [0.5, 0.6) is 5.75 Å². The highest BCUT2D eigenvalue weighted by Crippen LogP contribution is 2.38. The summed E-state index contributed by atoms with van der Waals surface area (Å²) in [5, 5.41) is 3.31. The number of anilines is 1. The number of amides is 1. The molecule has 0 radical (unpaired) electrons. The minimum atomic E-state index is -0.192. The number of halogens is 1. The first-order valence-electron chi connectivity index (χ1n) is 14.8. The molecule has 0 spiro atoms. The van der Waals surface area contributed by atoms with Crippen molar-refractivity contribution in [2.45, 2.75) is 45.2 Å². The number of aromatic nitrogens is 1. The van der Waals surface area contributed by atoms with Crippen molar-refractivity contribution < 1.29 is 18.7 Å². The molecule has 1 saturated heterocycles. The second-order valence-corrected chi connectivity index (χ2v) is 12.2. The van der Waals surface area contributed by atoms with Gasteiger partial charge >= 0.3 is 0 Å². The first-order chi connectivity index (χ1) is 20.5. The number of hydrogen-bond donors (Lipinski definition) is 1. The molecule has 6 rings (SSSR count). The third-order valence-corrected chi connectivity index (χ3v) is 8.01. The number of ether oxygens (including phenoxy) is 1. The van der Waals surface area contributed by atoms with Gasteiger partial charge in [-0.15, -0.1) is 0 Å². The normalized spacial score (nSPS) is 18.6. The van der Waals surface area contributed by atoms with Gasteiger partial charge in [0, 0.05) is 70.0 Å². The molecule has 1 unspecified atom stereocenters. The fourth-order valence-electron chi connectivity index (χ4n) is 5.85. The molecule has 4 heterocycles. The van der Waals surface area contributed by atoms with Gasteiger partial charge in [0.1, 0.15) is 17.9 Å². The summed E-state index contributed by atoms with van der Waals surface area (Å²) in [6.07, 6.45) is 3.70. The number of pyridine rings is 1. The van der Waals surface area contributed by atoms with Crippen LogP contribution in [0.3, 0.4) is 0 Å². The molecule has 1 amide bonds. The summed E-state index contributed by atoms with van der Waals surface area (Å²) in [4.78, 5) is 32.4. The van der Waals surface area contributed by atoms with Crippen LogP contribution in [0.1, 0.15) is 53.5 Å². The molecular weight excluding hydrogens is 545 g/mol. The van der Waals surface area contributed by atoms with Crippen LogP contribution in [0, 0.1) is 5.82 Å². The van der Waals surface area contributed by atoms with Gasteiger partial charge in [-0.1, -0.05) is 26.0 Å². The predicted octanol–water partition coefficient (Wildman–Crippen LogP) is 4.30. The maximum Gasteiger partial charge on any atom is 0.254 e. The molecule has 0 saturated carbocycles. The van der Waals surface area contributed by atoms with Gasteiger partial charge in [-0.2, -0.15) is 0 Å². The standard InChI is InChI=1S/C17H19FN2.C10H11NO2.C7H14N2O/c1-17(2)11-20(3)15-9-13(10-19-16(15)17)8-12-4-6-14(18)7-5-12;1-11-6-7-5-8(13-2)3-4-9(7)10(11)12;1-7-6-9(4-5-10)3-2-8-7/h4-7,9-10H,8,11H2,1-3H3;3-5H,6H2,1-2H3;5,7-8H,2-4,6H2,1H3. The van der Waals surface area contributed by atoms with E-state index >= 15 is 0 Å². The van der Waals surface area contributed by atoms with Crippen LogP contribution >= 0.6 is 0 Å². The predicted molar refractivity (Wildman–Crippen MR) is 168 cm³/mol. The number of benzene rings is 2. The molecule has 1 N–H and O–H groups in total. The molecule has 43 heavy (non-hydrogen) atoms. The molecule has 1 fully saturated rings. The van der Waals surface area contributed by atoms with E-state index in [1.807, 2.05) is 36.5 Å². The second kappa shape index (κ2) is 14.1. The lowest BCUT2D eigenvalue weighted by atomic mass is 9.91. The van der Waals surface area contributed by atoms with Crippen molar-refractivity contribution in [3.8, 4) is 5.75 Å². The number of fused-ring (bicyclic) bond motifs is 2. The van der Waals surface area contributed by atoms with Gasteiger partial charge in [-0.05, 0) is 66.4 Å². The van der Waals surface area contributed by atoms with Crippen LogP contribution in [0.25, 0.3) is 0 Å². The van der Waals surface area contributed by atoms with Crippen molar-refractivity contribution in [2.75, 3.05) is 58.8 Å². The van der Waals surface area contributed by atoms with Crippen LogP contribution in [0.15, 0.2) is 54.7 Å². The molecule has 0 bridgehead atoms. The number of carbonyl (C=O) groups excluding carboxylic acids is 2. The molecule has 3 aliphatic rings. The van der Waals surface area contributed by atoms with Gasteiger partial charge in [0.25, 0.3) is 5.91 Å². The molecule has 3 aromatic rings. The highest BCUT2D eigenvalue weighted by atomic mass is 19.1. The van der Waals surface area contributed by atoms with Crippen molar-refractivity contribution in [3.05, 3.63) is 88.5 Å². The summed E-state index contributed by atoms with van der Waals surface area (Å²) < 4.78 is 18.0. The Kier molecular flexibility index (Phi) is 10.5. The summed E-state index contributed by atoms with van der Waals surface area (Å²) in [7, 11) is 5.54. The van der Waals surface area contributed by atoms with Gasteiger partial charge < -0.3 is 24.6 Å². The van der Waals surface area contributed by atoms with E-state index in [0.29, 0.717) is 19.1 Å². The van der Waals surface area contributed by atoms with Gasteiger partial charge in [-0.3, -0.25) is 14.7 Å². The van der Waals surface area contributed by atoms with Crippen molar-refractivity contribution in [3.63, 3.8) is 0 Å². The lowest BCUT2D eigenvalue weighted by molar-refractivity contribution is -0.109. The Morgan fingerprint density at radius 1 is 1.09 bits per heavy atom. The minimum absolute atomic E-state index is 0.0950. The molecule has 1 aromatic heterocycles. The third kappa shape index (κ3) is 8.18. The Morgan fingerprint density at radius 2 is 1.84 bits per heavy atom. The van der Waals surface area contributed by atoms with Gasteiger partial charge in [-0.25, -0.2) is 4.39 Å². The smallest absolute Gasteiger partial charge is 0.254 e. The molecule has 3 aliphatic heterocycles. The number of nitrogens with one attached hydrogen (secondary N) is 1. The number of likely N-dealkylation sites (N-methyl/N-ethyl adjacent to an activating group) is 1. The number of methoxy groups -OCH3 is 1. The second-order valence-electron chi connectivity index (χ2n) is 12.2. The zero-order valence-corrected chi connectivity index (χ0v) is 26.2. The van der Waals surface area contributed by atoms with E-state index < -0.39 is 0 Å². The van der Waals surface area contributed by atoms with Gasteiger partial charge in [0.05, 0.1) is 25.0 Å². The summed E-state index contributed by atoms with van der Waals surface area (Å²) in [5.74, 6) is 0.710. The Morgan fingerprint density at radius 3 is 2.51 bits per heavy atom. The summed E-state index contributed by atoms with van der Waals surface area (Å²) in [6.45, 7) is 11.9. The summed E-state index contributed by atoms with van der Waals surface area (Å²) in [6, 6.07) is 15.0. The Bertz CT molecular complexity index is 1410. The highest BCUT2D eigenvalue weighted by Gasteiger charge is 2.34. The largest absolute Gasteiger partial charge is 0.497 e. The Hall–Kier alpha value is -3.82. The Labute approximate surface area is 254 Å². The van der Waals surface area contributed by atoms with E-state index in [0.717, 1.165) is 61.3 Å². The average Bonchev–Trinajstić information content (AvgIpc) is 3.39. The van der Waals surface area contributed by atoms with Crippen LogP contribution < -0.4 is 15.0 Å². The number of aldehydes is 1. The quantitative estimate of drug-likeness (QED) is 0.445. The SMILES string of the molecule is CC1CN(CC=O)CCN1.CN1CC(C)(C)c2ncc(Cc3ccc(F)cc3)cc21.COc1ccc2c(c1)CN(C)C2=O. The van der Waals surface area contributed by atoms with E-state index in [1.54, 1.807) is 19.1 Å². The molecule has 0 aliphatic carbocycles. The van der Waals surface area contributed by atoms with Crippen molar-refractivity contribution in [2.24, 2.45) is 0 Å². The van der Waals surface area contributed by atoms with E-state index in [2.05, 4.69) is 54.0 Å². The monoisotopic (exact) mass is 589 g/mol. The summed E-state index contributed by atoms with van der Waals surface area (Å²) >= 11 is 0. The number of nitrogens with zero attached hydrogens (tertiary/aromatic N) is 4. The van der Waals surface area contributed by atoms with E-state index in [-0.39, 0.29) is 17.1 Å². The van der Waals surface area contributed by atoms with Gasteiger partial charge in [0.2, 0.25) is 0 Å². The third-order valence-electron chi connectivity index (χ3n) is 8.01. The Balaban J connectivity index is 0.000000159. The van der Waals surface area contributed by atoms with Crippen molar-refractivity contribution in [1.29, 1.82) is 0 Å². The van der Waals surface area contributed by atoms with Crippen LogP contribution in [0.4, 0.5) is 10.1 Å². The molecule has 1 atom stereocenters. The van der Waals surface area contributed by atoms with Crippen LogP contribution in [-0.2, 0) is 23.2 Å². The topological polar surface area (TPSA) is 78.0 Å². The number of piperazine rings is 1. The lowest BCUT2D eigenvalue weighted by Gasteiger charge is -2.30. The summed E-state index contributed by atoms with van der Waals surface area (Å²) in [5.41, 5.74) is 6.61. The van der Waals surface area contributed by atoms with Crippen molar-refractivity contribution in [1.82, 2.24) is 20.1 Å². The number of rotatable bonds is 5. The van der Waals surface area contributed by atoms with E-state index in [9.17, 15) is 14.0 Å². The first kappa shape index (κ1) is 32.1. The number of hydrogen-bond acceptors (Lipinski definition) is 7. The maximum absolute atomic E-state index is 12.9. The average molecular weight is 590 g/mol. The molecule has 9 heteroatoms. The molecular formula is C34H44FN5O3. The van der Waals surface area contributed by atoms with Crippen molar-refractivity contribution >= 4 is 17.9 Å². The van der Waals surface area contributed by atoms with Crippen LogP contribution in [0.2, 0.25) is 0 Å². The molecule has 2 aromatic carbocycles. The van der Waals surface area contributed by atoms with Crippen LogP contribution in [-0.4, -0.2) is 86.9 Å².